The van der Waals surface area contributed by atoms with E-state index in [1.165, 1.54) is 19.3 Å². The number of rotatable bonds is 4. The third-order valence-electron chi connectivity index (χ3n) is 4.73. The van der Waals surface area contributed by atoms with Crippen LogP contribution in [0.2, 0.25) is 0 Å². The van der Waals surface area contributed by atoms with Crippen LogP contribution in [0, 0.1) is 0 Å². The van der Waals surface area contributed by atoms with Crippen molar-refractivity contribution in [3.05, 3.63) is 29.8 Å². The molecule has 4 nitrogen and oxygen atoms in total. The van der Waals surface area contributed by atoms with Crippen LogP contribution in [0.15, 0.2) is 24.3 Å². The highest BCUT2D eigenvalue weighted by molar-refractivity contribution is 5.96. The number of Topliss-reactive ketones (excluding diaryl/α,β-unsaturated/α-hetero) is 1. The van der Waals surface area contributed by atoms with Crippen molar-refractivity contribution in [3.63, 3.8) is 0 Å². The molecule has 1 saturated heterocycles. The number of ether oxygens (including phenoxy) is 2. The quantitative estimate of drug-likeness (QED) is 0.802. The number of nitrogens with zero attached hydrogens (tertiary/aromatic N) is 1. The molecule has 0 radical (unpaired) electrons. The second-order valence-electron chi connectivity index (χ2n) is 6.21. The Morgan fingerprint density at radius 1 is 1.18 bits per heavy atom. The van der Waals surface area contributed by atoms with Crippen molar-refractivity contribution in [2.75, 3.05) is 26.3 Å². The summed E-state index contributed by atoms with van der Waals surface area (Å²) in [4.78, 5) is 14.3. The summed E-state index contributed by atoms with van der Waals surface area (Å²) in [6.07, 6.45) is 4.87. The van der Waals surface area contributed by atoms with Crippen molar-refractivity contribution in [3.8, 4) is 5.75 Å². The maximum Gasteiger partial charge on any atom is 0.163 e. The van der Waals surface area contributed by atoms with Crippen LogP contribution in [0.3, 0.4) is 0 Å². The fourth-order valence-electron chi connectivity index (χ4n) is 3.56. The summed E-state index contributed by atoms with van der Waals surface area (Å²) in [7, 11) is 0. The van der Waals surface area contributed by atoms with E-state index in [0.29, 0.717) is 11.6 Å². The first-order chi connectivity index (χ1) is 10.8. The Bertz CT molecular complexity index is 511. The summed E-state index contributed by atoms with van der Waals surface area (Å²) < 4.78 is 11.8. The highest BCUT2D eigenvalue weighted by atomic mass is 16.5. The van der Waals surface area contributed by atoms with Gasteiger partial charge in [-0.3, -0.25) is 9.69 Å². The molecule has 0 bridgehead atoms. The van der Waals surface area contributed by atoms with E-state index in [1.807, 2.05) is 24.3 Å². The van der Waals surface area contributed by atoms with Crippen LogP contribution in [-0.4, -0.2) is 49.1 Å². The summed E-state index contributed by atoms with van der Waals surface area (Å²) in [6, 6.07) is 8.04. The molecule has 4 heteroatoms. The molecule has 1 aliphatic carbocycles. The number of carbonyl (C=O) groups excluding carboxylic acids is 1. The lowest BCUT2D eigenvalue weighted by Crippen LogP contribution is -2.52. The number of hydrogen-bond acceptors (Lipinski definition) is 4. The van der Waals surface area contributed by atoms with E-state index >= 15 is 0 Å². The minimum absolute atomic E-state index is 0.0642. The summed E-state index contributed by atoms with van der Waals surface area (Å²) in [6.45, 7) is 5.20. The van der Waals surface area contributed by atoms with Crippen molar-refractivity contribution in [2.45, 2.75) is 44.8 Å². The van der Waals surface area contributed by atoms with E-state index in [2.05, 4.69) is 4.90 Å². The summed E-state index contributed by atoms with van der Waals surface area (Å²) in [5.74, 6) is 0.800. The molecule has 22 heavy (non-hydrogen) atoms. The van der Waals surface area contributed by atoms with E-state index in [-0.39, 0.29) is 11.9 Å². The van der Waals surface area contributed by atoms with E-state index in [1.54, 1.807) is 6.92 Å². The zero-order valence-electron chi connectivity index (χ0n) is 13.3. The largest absolute Gasteiger partial charge is 0.488 e. The van der Waals surface area contributed by atoms with Crippen LogP contribution in [0.5, 0.6) is 5.75 Å². The van der Waals surface area contributed by atoms with Gasteiger partial charge in [0, 0.05) is 19.1 Å². The lowest BCUT2D eigenvalue weighted by Gasteiger charge is -2.41. The summed E-state index contributed by atoms with van der Waals surface area (Å²) in [5, 5.41) is 0. The second kappa shape index (κ2) is 7.25. The summed E-state index contributed by atoms with van der Waals surface area (Å²) >= 11 is 0. The number of morpholine rings is 1. The predicted octanol–water partition coefficient (Wildman–Crippen LogP) is 2.91. The predicted molar refractivity (Wildman–Crippen MR) is 85.5 cm³/mol. The van der Waals surface area contributed by atoms with Gasteiger partial charge < -0.3 is 9.47 Å². The van der Waals surface area contributed by atoms with Crippen molar-refractivity contribution >= 4 is 5.78 Å². The van der Waals surface area contributed by atoms with Gasteiger partial charge in [-0.15, -0.1) is 0 Å². The molecule has 120 valence electrons. The number of benzene rings is 1. The van der Waals surface area contributed by atoms with Crippen molar-refractivity contribution < 1.29 is 14.3 Å². The molecule has 3 rings (SSSR count). The van der Waals surface area contributed by atoms with E-state index in [9.17, 15) is 4.79 Å². The smallest absolute Gasteiger partial charge is 0.163 e. The zero-order chi connectivity index (χ0) is 15.4. The first kappa shape index (κ1) is 15.5. The standard InChI is InChI=1S/C18H25NO3/c1-14(20)15-6-2-4-8-17(15)22-18-9-5-3-7-16(18)19-10-12-21-13-11-19/h2,4,6,8,16,18H,3,5,7,9-13H2,1H3. The van der Waals surface area contributed by atoms with Gasteiger partial charge in [-0.1, -0.05) is 18.6 Å². The number of carbonyl (C=O) groups is 1. The molecule has 0 spiro atoms. The van der Waals surface area contributed by atoms with Crippen LogP contribution in [-0.2, 0) is 4.74 Å². The van der Waals surface area contributed by atoms with Gasteiger partial charge in [0.15, 0.2) is 5.78 Å². The molecular weight excluding hydrogens is 278 g/mol. The molecule has 2 aliphatic rings. The topological polar surface area (TPSA) is 38.8 Å². The van der Waals surface area contributed by atoms with Crippen molar-refractivity contribution in [2.24, 2.45) is 0 Å². The number of hydrogen-bond donors (Lipinski definition) is 0. The Balaban J connectivity index is 1.75. The molecule has 0 N–H and O–H groups in total. The Morgan fingerprint density at radius 3 is 2.68 bits per heavy atom. The first-order valence-electron chi connectivity index (χ1n) is 8.34. The fourth-order valence-corrected chi connectivity index (χ4v) is 3.56. The molecule has 0 aromatic heterocycles. The minimum Gasteiger partial charge on any atom is -0.488 e. The summed E-state index contributed by atoms with van der Waals surface area (Å²) in [5.41, 5.74) is 0.689. The SMILES string of the molecule is CC(=O)c1ccccc1OC1CCCCC1N1CCOCC1. The first-order valence-corrected chi connectivity index (χ1v) is 8.34. The lowest BCUT2D eigenvalue weighted by molar-refractivity contribution is -0.0282. The molecule has 1 aromatic rings. The molecular formula is C18H25NO3. The number of ketones is 1. The van der Waals surface area contributed by atoms with Gasteiger partial charge in [0.2, 0.25) is 0 Å². The molecule has 0 amide bonds. The third-order valence-corrected chi connectivity index (χ3v) is 4.73. The molecule has 2 atom stereocenters. The third kappa shape index (κ3) is 3.50. The Labute approximate surface area is 132 Å². The van der Waals surface area contributed by atoms with E-state index in [0.717, 1.165) is 38.5 Å². The maximum absolute atomic E-state index is 11.8. The van der Waals surface area contributed by atoms with Gasteiger partial charge in [-0.25, -0.2) is 0 Å². The zero-order valence-corrected chi connectivity index (χ0v) is 13.3. The molecule has 2 fully saturated rings. The number of para-hydroxylation sites is 1. The minimum atomic E-state index is 0.0642. The van der Waals surface area contributed by atoms with Crippen molar-refractivity contribution in [1.29, 1.82) is 0 Å². The molecule has 2 unspecified atom stereocenters. The Hall–Kier alpha value is -1.39. The van der Waals surface area contributed by atoms with Gasteiger partial charge in [0.05, 0.1) is 18.8 Å². The monoisotopic (exact) mass is 303 g/mol. The van der Waals surface area contributed by atoms with Gasteiger partial charge in [0.25, 0.3) is 0 Å². The van der Waals surface area contributed by atoms with E-state index < -0.39 is 0 Å². The fraction of sp³-hybridized carbons (Fsp3) is 0.611. The Kier molecular flexibility index (Phi) is 5.11. The second-order valence-corrected chi connectivity index (χ2v) is 6.21. The van der Waals surface area contributed by atoms with Crippen LogP contribution in [0.1, 0.15) is 43.0 Å². The van der Waals surface area contributed by atoms with Crippen LogP contribution < -0.4 is 4.74 Å². The van der Waals surface area contributed by atoms with Gasteiger partial charge in [-0.05, 0) is 38.3 Å². The maximum atomic E-state index is 11.8. The lowest BCUT2D eigenvalue weighted by atomic mass is 9.90. The highest BCUT2D eigenvalue weighted by Gasteiger charge is 2.33. The molecule has 1 saturated carbocycles. The van der Waals surface area contributed by atoms with Crippen LogP contribution >= 0.6 is 0 Å². The van der Waals surface area contributed by atoms with Gasteiger partial charge >= 0.3 is 0 Å². The average molecular weight is 303 g/mol. The normalized spacial score (nSPS) is 26.6. The Morgan fingerprint density at radius 2 is 1.91 bits per heavy atom. The van der Waals surface area contributed by atoms with Gasteiger partial charge in [0.1, 0.15) is 11.9 Å². The molecule has 1 aliphatic heterocycles. The van der Waals surface area contributed by atoms with Crippen LogP contribution in [0.4, 0.5) is 0 Å². The van der Waals surface area contributed by atoms with E-state index in [4.69, 9.17) is 9.47 Å². The average Bonchev–Trinajstić information content (AvgIpc) is 2.56. The molecule has 1 aromatic carbocycles. The van der Waals surface area contributed by atoms with Gasteiger partial charge in [-0.2, -0.15) is 0 Å². The van der Waals surface area contributed by atoms with Crippen LogP contribution in [0.25, 0.3) is 0 Å². The van der Waals surface area contributed by atoms with Crippen molar-refractivity contribution in [1.82, 2.24) is 4.90 Å². The molecule has 1 heterocycles. The highest BCUT2D eigenvalue weighted by Crippen LogP contribution is 2.29.